The first-order chi connectivity index (χ1) is 15.9. The number of hydrogen-bond donors (Lipinski definition) is 1. The second kappa shape index (κ2) is 11.0. The number of rotatable bonds is 8. The molecular formula is C25H32N4O2S2. The van der Waals surface area contributed by atoms with Crippen LogP contribution in [0.1, 0.15) is 40.2 Å². The SMILES string of the molecule is Cc1cccc(C)c1NC(=O)CCCSc1nc(CN2CCOCC2)nc2sc(C)c(C)c12. The van der Waals surface area contributed by atoms with Crippen molar-refractivity contribution < 1.29 is 9.53 Å². The third-order valence-corrected chi connectivity index (χ3v) is 8.21. The molecule has 0 aliphatic carbocycles. The molecule has 3 aromatic rings. The highest BCUT2D eigenvalue weighted by molar-refractivity contribution is 7.99. The summed E-state index contributed by atoms with van der Waals surface area (Å²) in [6.07, 6.45) is 1.30. The Hall–Kier alpha value is -2.00. The number of aryl methyl sites for hydroxylation is 4. The Morgan fingerprint density at radius 1 is 1.15 bits per heavy atom. The Kier molecular flexibility index (Phi) is 8.01. The second-order valence-electron chi connectivity index (χ2n) is 8.56. The van der Waals surface area contributed by atoms with Crippen LogP contribution in [-0.2, 0) is 16.1 Å². The van der Waals surface area contributed by atoms with Crippen molar-refractivity contribution in [2.75, 3.05) is 37.4 Å². The number of thioether (sulfide) groups is 1. The molecule has 0 radical (unpaired) electrons. The molecule has 1 aliphatic rings. The fourth-order valence-corrected chi connectivity index (χ4v) is 6.16. The zero-order chi connectivity index (χ0) is 23.4. The van der Waals surface area contributed by atoms with Gasteiger partial charge < -0.3 is 10.1 Å². The minimum Gasteiger partial charge on any atom is -0.379 e. The Morgan fingerprint density at radius 2 is 1.88 bits per heavy atom. The summed E-state index contributed by atoms with van der Waals surface area (Å²) in [5.41, 5.74) is 4.39. The molecule has 0 bridgehead atoms. The molecule has 4 rings (SSSR count). The highest BCUT2D eigenvalue weighted by atomic mass is 32.2. The largest absolute Gasteiger partial charge is 0.379 e. The maximum atomic E-state index is 12.5. The summed E-state index contributed by atoms with van der Waals surface area (Å²) in [5, 5.41) is 5.30. The van der Waals surface area contributed by atoms with Crippen LogP contribution in [0.2, 0.25) is 0 Å². The standard InChI is InChI=1S/C25H32N4O2S2/c1-16-7-5-8-17(2)23(16)28-21(30)9-6-14-32-24-22-18(3)19(4)33-25(22)27-20(26-24)15-29-10-12-31-13-11-29/h5,7-8H,6,9-15H2,1-4H3,(H,28,30). The molecule has 0 unspecified atom stereocenters. The molecule has 1 fully saturated rings. The number of benzene rings is 1. The fraction of sp³-hybridized carbons (Fsp3) is 0.480. The van der Waals surface area contributed by atoms with Gasteiger partial charge in [-0.1, -0.05) is 18.2 Å². The highest BCUT2D eigenvalue weighted by Crippen LogP contribution is 2.35. The van der Waals surface area contributed by atoms with E-state index in [1.54, 1.807) is 23.1 Å². The summed E-state index contributed by atoms with van der Waals surface area (Å²) in [7, 11) is 0. The molecule has 0 spiro atoms. The molecule has 2 aromatic heterocycles. The van der Waals surface area contributed by atoms with E-state index in [-0.39, 0.29) is 5.91 Å². The number of carbonyl (C=O) groups is 1. The average Bonchev–Trinajstić information content (AvgIpc) is 3.08. The lowest BCUT2D eigenvalue weighted by atomic mass is 10.1. The molecule has 3 heterocycles. The van der Waals surface area contributed by atoms with Gasteiger partial charge in [0.25, 0.3) is 0 Å². The van der Waals surface area contributed by atoms with Crippen LogP contribution < -0.4 is 5.32 Å². The quantitative estimate of drug-likeness (QED) is 0.267. The van der Waals surface area contributed by atoms with Crippen LogP contribution in [-0.4, -0.2) is 52.8 Å². The van der Waals surface area contributed by atoms with Gasteiger partial charge in [-0.2, -0.15) is 0 Å². The molecule has 1 N–H and O–H groups in total. The van der Waals surface area contributed by atoms with Crippen molar-refractivity contribution in [3.05, 3.63) is 45.6 Å². The van der Waals surface area contributed by atoms with Crippen molar-refractivity contribution in [1.82, 2.24) is 14.9 Å². The van der Waals surface area contributed by atoms with Crippen molar-refractivity contribution in [3.63, 3.8) is 0 Å². The van der Waals surface area contributed by atoms with Gasteiger partial charge in [-0.25, -0.2) is 9.97 Å². The van der Waals surface area contributed by atoms with Gasteiger partial charge in [0.05, 0.1) is 19.8 Å². The molecule has 1 aliphatic heterocycles. The predicted molar refractivity (Wildman–Crippen MR) is 137 cm³/mol. The van der Waals surface area contributed by atoms with Crippen LogP contribution in [0.3, 0.4) is 0 Å². The summed E-state index contributed by atoms with van der Waals surface area (Å²) in [6.45, 7) is 12.5. The number of hydrogen-bond acceptors (Lipinski definition) is 7. The Labute approximate surface area is 204 Å². The fourth-order valence-electron chi connectivity index (χ4n) is 4.00. The van der Waals surface area contributed by atoms with Crippen molar-refractivity contribution in [3.8, 4) is 0 Å². The van der Waals surface area contributed by atoms with Crippen LogP contribution in [0, 0.1) is 27.7 Å². The topological polar surface area (TPSA) is 67.4 Å². The summed E-state index contributed by atoms with van der Waals surface area (Å²) >= 11 is 3.49. The summed E-state index contributed by atoms with van der Waals surface area (Å²) in [6, 6.07) is 6.07. The first-order valence-electron chi connectivity index (χ1n) is 11.5. The Morgan fingerprint density at radius 3 is 2.61 bits per heavy atom. The van der Waals surface area contributed by atoms with E-state index < -0.39 is 0 Å². The number of para-hydroxylation sites is 1. The monoisotopic (exact) mass is 484 g/mol. The molecule has 176 valence electrons. The van der Waals surface area contributed by atoms with Crippen molar-refractivity contribution in [2.45, 2.75) is 52.1 Å². The smallest absolute Gasteiger partial charge is 0.224 e. The predicted octanol–water partition coefficient (Wildman–Crippen LogP) is 5.27. The van der Waals surface area contributed by atoms with Crippen LogP contribution >= 0.6 is 23.1 Å². The third-order valence-electron chi connectivity index (χ3n) is 6.04. The van der Waals surface area contributed by atoms with Crippen molar-refractivity contribution >= 4 is 44.9 Å². The number of amides is 1. The van der Waals surface area contributed by atoms with E-state index in [0.717, 1.165) is 77.5 Å². The van der Waals surface area contributed by atoms with Crippen LogP contribution in [0.15, 0.2) is 23.2 Å². The number of aromatic nitrogens is 2. The number of anilines is 1. The van der Waals surface area contributed by atoms with Gasteiger partial charge in [0.15, 0.2) is 0 Å². The second-order valence-corrected chi connectivity index (χ2v) is 10.9. The number of ether oxygens (including phenoxy) is 1. The average molecular weight is 485 g/mol. The normalized spacial score (nSPS) is 14.7. The highest BCUT2D eigenvalue weighted by Gasteiger charge is 2.18. The van der Waals surface area contributed by atoms with Gasteiger partial charge in [0.1, 0.15) is 15.7 Å². The maximum absolute atomic E-state index is 12.5. The van der Waals surface area contributed by atoms with Gasteiger partial charge in [-0.15, -0.1) is 23.1 Å². The van der Waals surface area contributed by atoms with Crippen LogP contribution in [0.25, 0.3) is 10.2 Å². The number of fused-ring (bicyclic) bond motifs is 1. The Bertz CT molecular complexity index is 1120. The van der Waals surface area contributed by atoms with Crippen LogP contribution in [0.4, 0.5) is 5.69 Å². The first-order valence-corrected chi connectivity index (χ1v) is 13.3. The van der Waals surface area contributed by atoms with Crippen LogP contribution in [0.5, 0.6) is 0 Å². The number of thiophene rings is 1. The number of carbonyl (C=O) groups excluding carboxylic acids is 1. The number of nitrogens with one attached hydrogen (secondary N) is 1. The summed E-state index contributed by atoms with van der Waals surface area (Å²) in [5.74, 6) is 1.79. The van der Waals surface area contributed by atoms with Gasteiger partial charge in [0.2, 0.25) is 5.91 Å². The molecule has 1 amide bonds. The van der Waals surface area contributed by atoms with Crippen molar-refractivity contribution in [2.24, 2.45) is 0 Å². The van der Waals surface area contributed by atoms with Gasteiger partial charge in [-0.05, 0) is 50.8 Å². The molecule has 1 saturated heterocycles. The van der Waals surface area contributed by atoms with Gasteiger partial charge >= 0.3 is 0 Å². The zero-order valence-corrected chi connectivity index (χ0v) is 21.5. The van der Waals surface area contributed by atoms with Gasteiger partial charge in [-0.3, -0.25) is 9.69 Å². The summed E-state index contributed by atoms with van der Waals surface area (Å²) < 4.78 is 5.47. The number of nitrogens with zero attached hydrogens (tertiary/aromatic N) is 3. The molecule has 0 saturated carbocycles. The Balaban J connectivity index is 1.40. The molecule has 0 atom stereocenters. The zero-order valence-electron chi connectivity index (χ0n) is 19.9. The lowest BCUT2D eigenvalue weighted by molar-refractivity contribution is -0.116. The lowest BCUT2D eigenvalue weighted by Gasteiger charge is -2.25. The minimum atomic E-state index is 0.0661. The van der Waals surface area contributed by atoms with E-state index >= 15 is 0 Å². The van der Waals surface area contributed by atoms with E-state index in [2.05, 4.69) is 24.1 Å². The lowest BCUT2D eigenvalue weighted by Crippen LogP contribution is -2.36. The third kappa shape index (κ3) is 5.93. The van der Waals surface area contributed by atoms with Gasteiger partial charge in [0, 0.05) is 41.2 Å². The molecule has 6 nitrogen and oxygen atoms in total. The van der Waals surface area contributed by atoms with E-state index in [0.29, 0.717) is 6.42 Å². The molecule has 8 heteroatoms. The molecule has 33 heavy (non-hydrogen) atoms. The first kappa shape index (κ1) is 24.1. The maximum Gasteiger partial charge on any atom is 0.224 e. The summed E-state index contributed by atoms with van der Waals surface area (Å²) in [4.78, 5) is 27.1. The number of morpholine rings is 1. The minimum absolute atomic E-state index is 0.0661. The molecular weight excluding hydrogens is 452 g/mol. The van der Waals surface area contributed by atoms with Crippen molar-refractivity contribution in [1.29, 1.82) is 0 Å². The van der Waals surface area contributed by atoms with E-state index in [1.165, 1.54) is 15.8 Å². The van der Waals surface area contributed by atoms with E-state index in [9.17, 15) is 4.79 Å². The van der Waals surface area contributed by atoms with E-state index in [1.807, 2.05) is 32.0 Å². The van der Waals surface area contributed by atoms with E-state index in [4.69, 9.17) is 14.7 Å². The molecule has 1 aromatic carbocycles.